The maximum absolute atomic E-state index is 13.0. The van der Waals surface area contributed by atoms with Gasteiger partial charge in [0.2, 0.25) is 5.88 Å². The van der Waals surface area contributed by atoms with E-state index in [4.69, 9.17) is 0 Å². The summed E-state index contributed by atoms with van der Waals surface area (Å²) >= 11 is 0. The van der Waals surface area contributed by atoms with Crippen LogP contribution in [0.5, 0.6) is 5.88 Å². The second-order valence-corrected chi connectivity index (χ2v) is 6.91. The van der Waals surface area contributed by atoms with Crippen LogP contribution < -0.4 is 5.32 Å². The molecule has 7 heteroatoms. The van der Waals surface area contributed by atoms with Gasteiger partial charge in [0.25, 0.3) is 5.91 Å². The predicted octanol–water partition coefficient (Wildman–Crippen LogP) is 3.36. The van der Waals surface area contributed by atoms with E-state index >= 15 is 0 Å². The largest absolute Gasteiger partial charge is 0.493 e. The maximum Gasteiger partial charge on any atom is 0.254 e. The summed E-state index contributed by atoms with van der Waals surface area (Å²) in [6, 6.07) is 2.10. The predicted molar refractivity (Wildman–Crippen MR) is 104 cm³/mol. The number of pyridine rings is 1. The first kappa shape index (κ1) is 18.8. The number of hydrogen-bond donors (Lipinski definition) is 2. The lowest BCUT2D eigenvalue weighted by Crippen LogP contribution is -2.24. The SMILES string of the molecule is CCC(C)n1c(C)c(C(=O)NCc2c(C)cc(C)nc2O)c2cncnc21. The standard InChI is InChI=1S/C20H25N5O2/c1-6-13(4)25-14(5)17(16-8-21-10-23-18(16)25)20(27)22-9-15-11(2)7-12(3)24-19(15)26/h7-8,10,13H,6,9H2,1-5H3,(H,22,27)(H,24,26). The number of nitrogens with one attached hydrogen (secondary N) is 1. The summed E-state index contributed by atoms with van der Waals surface area (Å²) in [7, 11) is 0. The molecule has 27 heavy (non-hydrogen) atoms. The Kier molecular flexibility index (Phi) is 5.12. The number of aromatic nitrogens is 4. The molecule has 3 aromatic heterocycles. The quantitative estimate of drug-likeness (QED) is 0.721. The number of aryl methyl sites for hydroxylation is 2. The zero-order valence-corrected chi connectivity index (χ0v) is 16.4. The van der Waals surface area contributed by atoms with Crippen LogP contribution >= 0.6 is 0 Å². The lowest BCUT2D eigenvalue weighted by atomic mass is 10.1. The topological polar surface area (TPSA) is 92.9 Å². The minimum Gasteiger partial charge on any atom is -0.493 e. The van der Waals surface area contributed by atoms with E-state index in [1.807, 2.05) is 26.8 Å². The molecule has 1 amide bonds. The van der Waals surface area contributed by atoms with Gasteiger partial charge in [0, 0.05) is 35.7 Å². The number of nitrogens with zero attached hydrogens (tertiary/aromatic N) is 4. The fourth-order valence-corrected chi connectivity index (χ4v) is 3.49. The van der Waals surface area contributed by atoms with E-state index in [0.29, 0.717) is 11.1 Å². The van der Waals surface area contributed by atoms with Gasteiger partial charge in [0.05, 0.1) is 10.9 Å². The average Bonchev–Trinajstić information content (AvgIpc) is 2.91. The molecule has 1 unspecified atom stereocenters. The van der Waals surface area contributed by atoms with Gasteiger partial charge in [-0.2, -0.15) is 0 Å². The van der Waals surface area contributed by atoms with Gasteiger partial charge in [-0.25, -0.2) is 15.0 Å². The van der Waals surface area contributed by atoms with Gasteiger partial charge in [-0.1, -0.05) is 6.92 Å². The van der Waals surface area contributed by atoms with Crippen molar-refractivity contribution in [2.75, 3.05) is 0 Å². The molecule has 0 aliphatic carbocycles. The maximum atomic E-state index is 13.0. The van der Waals surface area contributed by atoms with Crippen molar-refractivity contribution in [2.45, 2.75) is 53.6 Å². The van der Waals surface area contributed by atoms with Crippen LogP contribution in [0.2, 0.25) is 0 Å². The Balaban J connectivity index is 1.96. The van der Waals surface area contributed by atoms with Gasteiger partial charge in [-0.3, -0.25) is 4.79 Å². The molecule has 0 radical (unpaired) electrons. The first-order chi connectivity index (χ1) is 12.8. The molecule has 0 bridgehead atoms. The van der Waals surface area contributed by atoms with E-state index in [1.165, 1.54) is 6.33 Å². The van der Waals surface area contributed by atoms with Gasteiger partial charge in [0.15, 0.2) is 0 Å². The summed E-state index contributed by atoms with van der Waals surface area (Å²) in [5.41, 5.74) is 4.45. The first-order valence-electron chi connectivity index (χ1n) is 9.09. The molecule has 0 aromatic carbocycles. The van der Waals surface area contributed by atoms with Crippen molar-refractivity contribution in [1.82, 2.24) is 24.8 Å². The van der Waals surface area contributed by atoms with Crippen molar-refractivity contribution in [3.63, 3.8) is 0 Å². The third-order valence-electron chi connectivity index (χ3n) is 5.05. The summed E-state index contributed by atoms with van der Waals surface area (Å²) in [6.07, 6.45) is 4.11. The van der Waals surface area contributed by atoms with E-state index < -0.39 is 0 Å². The second kappa shape index (κ2) is 7.34. The van der Waals surface area contributed by atoms with Gasteiger partial charge in [-0.05, 0) is 45.7 Å². The number of fused-ring (bicyclic) bond motifs is 1. The third-order valence-corrected chi connectivity index (χ3v) is 5.05. The fraction of sp³-hybridized carbons (Fsp3) is 0.400. The van der Waals surface area contributed by atoms with Crippen molar-refractivity contribution in [1.29, 1.82) is 0 Å². The fourth-order valence-electron chi connectivity index (χ4n) is 3.49. The van der Waals surface area contributed by atoms with Gasteiger partial charge in [-0.15, -0.1) is 0 Å². The minimum absolute atomic E-state index is 0.0464. The molecular formula is C20H25N5O2. The zero-order chi connectivity index (χ0) is 19.7. The van der Waals surface area contributed by atoms with Gasteiger partial charge in [0.1, 0.15) is 12.0 Å². The molecule has 0 aliphatic heterocycles. The molecule has 142 valence electrons. The number of amides is 1. The first-order valence-corrected chi connectivity index (χ1v) is 9.09. The smallest absolute Gasteiger partial charge is 0.254 e. The highest BCUT2D eigenvalue weighted by Crippen LogP contribution is 2.28. The summed E-state index contributed by atoms with van der Waals surface area (Å²) in [4.78, 5) is 25.5. The minimum atomic E-state index is -0.214. The molecule has 0 fully saturated rings. The van der Waals surface area contributed by atoms with Crippen LogP contribution in [0.4, 0.5) is 0 Å². The van der Waals surface area contributed by atoms with Crippen LogP contribution in [-0.4, -0.2) is 30.5 Å². The van der Waals surface area contributed by atoms with E-state index in [-0.39, 0.29) is 24.4 Å². The lowest BCUT2D eigenvalue weighted by molar-refractivity contribution is 0.0951. The molecule has 3 aromatic rings. The molecule has 0 aliphatic rings. The molecular weight excluding hydrogens is 342 g/mol. The highest BCUT2D eigenvalue weighted by Gasteiger charge is 2.23. The normalized spacial score (nSPS) is 12.3. The monoisotopic (exact) mass is 367 g/mol. The highest BCUT2D eigenvalue weighted by atomic mass is 16.3. The Bertz CT molecular complexity index is 986. The van der Waals surface area contributed by atoms with Crippen LogP contribution in [0.1, 0.15) is 59.2 Å². The van der Waals surface area contributed by atoms with E-state index in [9.17, 15) is 9.90 Å². The van der Waals surface area contributed by atoms with Crippen molar-refractivity contribution in [3.05, 3.63) is 46.7 Å². The van der Waals surface area contributed by atoms with Crippen molar-refractivity contribution in [3.8, 4) is 5.88 Å². The lowest BCUT2D eigenvalue weighted by Gasteiger charge is -2.15. The molecule has 2 N–H and O–H groups in total. The number of hydrogen-bond acceptors (Lipinski definition) is 5. The van der Waals surface area contributed by atoms with Crippen molar-refractivity contribution < 1.29 is 9.90 Å². The summed E-state index contributed by atoms with van der Waals surface area (Å²) in [6.45, 7) is 10.1. The molecule has 3 heterocycles. The van der Waals surface area contributed by atoms with Crippen LogP contribution in [0, 0.1) is 20.8 Å². The van der Waals surface area contributed by atoms with Crippen LogP contribution in [0.3, 0.4) is 0 Å². The Morgan fingerprint density at radius 2 is 2.07 bits per heavy atom. The summed E-state index contributed by atoms with van der Waals surface area (Å²) < 4.78 is 2.09. The molecule has 0 saturated carbocycles. The zero-order valence-electron chi connectivity index (χ0n) is 16.4. The number of carbonyl (C=O) groups excluding carboxylic acids is 1. The van der Waals surface area contributed by atoms with Crippen LogP contribution in [0.15, 0.2) is 18.6 Å². The Morgan fingerprint density at radius 3 is 2.74 bits per heavy atom. The highest BCUT2D eigenvalue weighted by molar-refractivity contribution is 6.07. The molecule has 0 saturated heterocycles. The van der Waals surface area contributed by atoms with E-state index in [1.54, 1.807) is 6.20 Å². The third kappa shape index (κ3) is 3.37. The number of carbonyl (C=O) groups is 1. The van der Waals surface area contributed by atoms with Gasteiger partial charge >= 0.3 is 0 Å². The molecule has 0 spiro atoms. The Hall–Kier alpha value is -2.96. The Morgan fingerprint density at radius 1 is 1.33 bits per heavy atom. The van der Waals surface area contributed by atoms with Crippen molar-refractivity contribution >= 4 is 16.9 Å². The second-order valence-electron chi connectivity index (χ2n) is 6.91. The summed E-state index contributed by atoms with van der Waals surface area (Å²) in [5, 5.41) is 13.7. The Labute approximate surface area is 158 Å². The van der Waals surface area contributed by atoms with Crippen LogP contribution in [-0.2, 0) is 6.54 Å². The van der Waals surface area contributed by atoms with E-state index in [2.05, 4.69) is 38.7 Å². The van der Waals surface area contributed by atoms with Gasteiger partial charge < -0.3 is 15.0 Å². The van der Waals surface area contributed by atoms with Crippen LogP contribution in [0.25, 0.3) is 11.0 Å². The van der Waals surface area contributed by atoms with E-state index in [0.717, 1.165) is 34.4 Å². The molecule has 7 nitrogen and oxygen atoms in total. The molecule has 1 atom stereocenters. The summed E-state index contributed by atoms with van der Waals surface area (Å²) in [5.74, 6) is -0.261. The average molecular weight is 367 g/mol. The number of aromatic hydroxyl groups is 1. The molecule has 3 rings (SSSR count). The van der Waals surface area contributed by atoms with Crippen molar-refractivity contribution in [2.24, 2.45) is 0 Å². The number of rotatable bonds is 5.